The number of carbonyl (C=O) groups excluding carboxylic acids is 4. The molecule has 0 spiro atoms. The number of benzene rings is 2. The molecule has 0 bridgehead atoms. The molecule has 0 radical (unpaired) electrons. The van der Waals surface area contributed by atoms with Gasteiger partial charge in [-0.05, 0) is 43.3 Å². The molecule has 148 valence electrons. The minimum atomic E-state index is -0.884. The largest absolute Gasteiger partial charge is 0.462 e. The molecule has 2 aromatic carbocycles. The third kappa shape index (κ3) is 4.01. The Hall–Kier alpha value is -3.94. The minimum absolute atomic E-state index is 0.156. The number of esters is 2. The van der Waals surface area contributed by atoms with Crippen LogP contribution in [-0.2, 0) is 14.3 Å². The van der Waals surface area contributed by atoms with E-state index >= 15 is 0 Å². The Labute approximate surface area is 166 Å². The van der Waals surface area contributed by atoms with Gasteiger partial charge < -0.3 is 14.2 Å². The number of amides is 1. The summed E-state index contributed by atoms with van der Waals surface area (Å²) >= 11 is 0. The van der Waals surface area contributed by atoms with Gasteiger partial charge in [-0.3, -0.25) is 9.69 Å². The third-order valence-electron chi connectivity index (χ3n) is 4.09. The summed E-state index contributed by atoms with van der Waals surface area (Å²) in [5.41, 5.74) is 0.441. The predicted octanol–water partition coefficient (Wildman–Crippen LogP) is 3.12. The Balaban J connectivity index is 1.98. The number of fused-ring (bicyclic) bond motifs is 1. The molecule has 1 heterocycles. The van der Waals surface area contributed by atoms with Crippen LogP contribution in [0.3, 0.4) is 0 Å². The molecule has 0 fully saturated rings. The molecule has 8 nitrogen and oxygen atoms in total. The van der Waals surface area contributed by atoms with Crippen molar-refractivity contribution < 1.29 is 33.4 Å². The summed E-state index contributed by atoms with van der Waals surface area (Å²) in [5.74, 6) is -1.81. The molecule has 8 heteroatoms. The molecule has 0 saturated carbocycles. The molecule has 1 aliphatic rings. The van der Waals surface area contributed by atoms with E-state index in [1.165, 1.54) is 36.4 Å². The highest BCUT2D eigenvalue weighted by atomic mass is 16.5. The van der Waals surface area contributed by atoms with E-state index in [-0.39, 0.29) is 34.7 Å². The lowest BCUT2D eigenvalue weighted by Crippen LogP contribution is -2.31. The second kappa shape index (κ2) is 8.39. The van der Waals surface area contributed by atoms with Crippen LogP contribution in [0.15, 0.2) is 60.3 Å². The molecule has 29 heavy (non-hydrogen) atoms. The number of carbonyl (C=O) groups is 4. The van der Waals surface area contributed by atoms with Crippen LogP contribution in [0.1, 0.15) is 27.6 Å². The van der Waals surface area contributed by atoms with Crippen molar-refractivity contribution in [3.63, 3.8) is 0 Å². The third-order valence-corrected chi connectivity index (χ3v) is 4.09. The van der Waals surface area contributed by atoms with Crippen molar-refractivity contribution in [2.45, 2.75) is 6.92 Å². The van der Waals surface area contributed by atoms with E-state index in [4.69, 9.17) is 14.2 Å². The van der Waals surface area contributed by atoms with Gasteiger partial charge in [0.15, 0.2) is 0 Å². The van der Waals surface area contributed by atoms with Crippen LogP contribution < -0.4 is 9.64 Å². The molecular weight excluding hydrogens is 378 g/mol. The van der Waals surface area contributed by atoms with Gasteiger partial charge in [0.05, 0.1) is 30.5 Å². The fourth-order valence-corrected chi connectivity index (χ4v) is 2.68. The number of hydrogen-bond acceptors (Lipinski definition) is 7. The van der Waals surface area contributed by atoms with Crippen LogP contribution in [0.4, 0.5) is 10.5 Å². The molecule has 0 unspecified atom stereocenters. The highest BCUT2D eigenvalue weighted by molar-refractivity contribution is 6.28. The summed E-state index contributed by atoms with van der Waals surface area (Å²) in [4.78, 5) is 50.1. The molecule has 0 aromatic heterocycles. The number of hydrogen-bond donors (Lipinski definition) is 0. The molecule has 0 aliphatic carbocycles. The van der Waals surface area contributed by atoms with Gasteiger partial charge in [0.2, 0.25) is 5.78 Å². The first-order chi connectivity index (χ1) is 14.0. The topological polar surface area (TPSA) is 99.2 Å². The average molecular weight is 395 g/mol. The van der Waals surface area contributed by atoms with Gasteiger partial charge in [-0.1, -0.05) is 12.1 Å². The molecule has 2 aromatic rings. The summed E-state index contributed by atoms with van der Waals surface area (Å²) in [5, 5.41) is 0. The van der Waals surface area contributed by atoms with Crippen LogP contribution in [0, 0.1) is 0 Å². The van der Waals surface area contributed by atoms with Crippen LogP contribution >= 0.6 is 0 Å². The summed E-state index contributed by atoms with van der Waals surface area (Å²) in [6.45, 7) is 1.92. The van der Waals surface area contributed by atoms with Crippen LogP contribution in [0.5, 0.6) is 5.75 Å². The average Bonchev–Trinajstić information content (AvgIpc) is 2.73. The second-order valence-corrected chi connectivity index (χ2v) is 5.86. The van der Waals surface area contributed by atoms with E-state index < -0.39 is 23.8 Å². The molecule has 1 aliphatic heterocycles. The summed E-state index contributed by atoms with van der Waals surface area (Å²) in [7, 11) is 1.16. The Kier molecular flexibility index (Phi) is 5.73. The van der Waals surface area contributed by atoms with Crippen molar-refractivity contribution in [3.8, 4) is 5.75 Å². The number of anilines is 1. The van der Waals surface area contributed by atoms with Gasteiger partial charge in [-0.15, -0.1) is 0 Å². The number of Topliss-reactive ketones (excluding diaryl/α,β-unsaturated/α-hetero) is 1. The molecule has 0 saturated heterocycles. The van der Waals surface area contributed by atoms with E-state index in [9.17, 15) is 19.2 Å². The Morgan fingerprint density at radius 1 is 1.07 bits per heavy atom. The Bertz CT molecular complexity index is 1010. The van der Waals surface area contributed by atoms with Gasteiger partial charge in [-0.2, -0.15) is 0 Å². The maximum absolute atomic E-state index is 12.7. The number of ketones is 1. The van der Waals surface area contributed by atoms with Crippen molar-refractivity contribution in [1.29, 1.82) is 0 Å². The first-order valence-corrected chi connectivity index (χ1v) is 8.68. The Morgan fingerprint density at radius 3 is 2.41 bits per heavy atom. The van der Waals surface area contributed by atoms with E-state index in [1.54, 1.807) is 19.1 Å². The fraction of sp³-hybridized carbons (Fsp3) is 0.143. The van der Waals surface area contributed by atoms with Crippen LogP contribution in [0.2, 0.25) is 0 Å². The number of para-hydroxylation sites is 1. The Morgan fingerprint density at radius 2 is 1.76 bits per heavy atom. The van der Waals surface area contributed by atoms with Crippen molar-refractivity contribution >= 4 is 29.5 Å². The normalized spacial score (nSPS) is 14.1. The second-order valence-electron chi connectivity index (χ2n) is 5.86. The SMILES string of the molecule is CCOC(=O)c1ccc(N(C=C2C(=O)Oc3ccccc3C2=O)C(=O)OC)cc1. The van der Waals surface area contributed by atoms with Gasteiger partial charge >= 0.3 is 18.0 Å². The summed E-state index contributed by atoms with van der Waals surface area (Å²) in [6, 6.07) is 12.2. The number of ether oxygens (including phenoxy) is 3. The zero-order valence-electron chi connectivity index (χ0n) is 15.7. The highest BCUT2D eigenvalue weighted by Crippen LogP contribution is 2.28. The fourth-order valence-electron chi connectivity index (χ4n) is 2.68. The van der Waals surface area contributed by atoms with E-state index in [0.717, 1.165) is 18.2 Å². The predicted molar refractivity (Wildman–Crippen MR) is 102 cm³/mol. The lowest BCUT2D eigenvalue weighted by atomic mass is 10.0. The van der Waals surface area contributed by atoms with Crippen LogP contribution in [0.25, 0.3) is 0 Å². The number of nitrogens with zero attached hydrogens (tertiary/aromatic N) is 1. The van der Waals surface area contributed by atoms with Gasteiger partial charge in [0, 0.05) is 6.20 Å². The molecule has 0 N–H and O–H groups in total. The number of methoxy groups -OCH3 is 1. The molecule has 0 atom stereocenters. The smallest absolute Gasteiger partial charge is 0.418 e. The zero-order chi connectivity index (χ0) is 21.0. The quantitative estimate of drug-likeness (QED) is 0.339. The first-order valence-electron chi connectivity index (χ1n) is 8.68. The summed E-state index contributed by atoms with van der Waals surface area (Å²) < 4.78 is 14.8. The molecular formula is C21H17NO7. The minimum Gasteiger partial charge on any atom is -0.462 e. The van der Waals surface area contributed by atoms with E-state index in [2.05, 4.69) is 0 Å². The van der Waals surface area contributed by atoms with Gasteiger partial charge in [0.25, 0.3) is 0 Å². The molecule has 1 amide bonds. The van der Waals surface area contributed by atoms with Gasteiger partial charge in [0.1, 0.15) is 11.3 Å². The summed E-state index contributed by atoms with van der Waals surface area (Å²) in [6.07, 6.45) is 0.229. The first kappa shape index (κ1) is 19.8. The lowest BCUT2D eigenvalue weighted by Gasteiger charge is -2.21. The van der Waals surface area contributed by atoms with Gasteiger partial charge in [-0.25, -0.2) is 14.4 Å². The van der Waals surface area contributed by atoms with E-state index in [1.807, 2.05) is 0 Å². The van der Waals surface area contributed by atoms with Crippen molar-refractivity contribution in [2.24, 2.45) is 0 Å². The maximum Gasteiger partial charge on any atom is 0.418 e. The number of rotatable bonds is 4. The van der Waals surface area contributed by atoms with Crippen molar-refractivity contribution in [2.75, 3.05) is 18.6 Å². The van der Waals surface area contributed by atoms with Crippen molar-refractivity contribution in [1.82, 2.24) is 0 Å². The van der Waals surface area contributed by atoms with E-state index in [0.29, 0.717) is 0 Å². The van der Waals surface area contributed by atoms with Crippen LogP contribution in [-0.4, -0.2) is 37.5 Å². The zero-order valence-corrected chi connectivity index (χ0v) is 15.7. The standard InChI is InChI=1S/C21H17NO7/c1-3-28-19(24)13-8-10-14(11-9-13)22(21(26)27-2)12-16-18(23)15-6-4-5-7-17(15)29-20(16)25/h4-12H,3H2,1-2H3. The molecule has 3 rings (SSSR count). The highest BCUT2D eigenvalue weighted by Gasteiger charge is 2.32. The lowest BCUT2D eigenvalue weighted by molar-refractivity contribution is -0.130. The van der Waals surface area contributed by atoms with Crippen molar-refractivity contribution in [3.05, 3.63) is 71.4 Å². The monoisotopic (exact) mass is 395 g/mol. The maximum atomic E-state index is 12.7.